The zero-order valence-corrected chi connectivity index (χ0v) is 15.4. The van der Waals surface area contributed by atoms with Crippen LogP contribution in [0, 0.1) is 0 Å². The smallest absolute Gasteiger partial charge is 0.306 e. The fourth-order valence-corrected chi connectivity index (χ4v) is 2.46. The van der Waals surface area contributed by atoms with Crippen molar-refractivity contribution in [2.75, 3.05) is 19.0 Å². The van der Waals surface area contributed by atoms with Crippen LogP contribution >= 0.6 is 0 Å². The second-order valence-corrected chi connectivity index (χ2v) is 5.92. The van der Waals surface area contributed by atoms with Crippen LogP contribution in [0.3, 0.4) is 0 Å². The number of aromatic nitrogens is 1. The molecule has 28 heavy (non-hydrogen) atoms. The van der Waals surface area contributed by atoms with Crippen molar-refractivity contribution in [2.45, 2.75) is 12.8 Å². The molecule has 3 aromatic rings. The second kappa shape index (κ2) is 9.36. The minimum absolute atomic E-state index is 0.0740. The summed E-state index contributed by atoms with van der Waals surface area (Å²) in [6.45, 7) is -0.355. The highest BCUT2D eigenvalue weighted by molar-refractivity contribution is 5.92. The van der Waals surface area contributed by atoms with Crippen LogP contribution < -0.4 is 10.1 Å². The molecule has 0 fully saturated rings. The largest absolute Gasteiger partial charge is 0.497 e. The number of anilines is 1. The summed E-state index contributed by atoms with van der Waals surface area (Å²) in [5.74, 6) is 0.859. The maximum absolute atomic E-state index is 11.9. The third kappa shape index (κ3) is 5.44. The number of aryl methyl sites for hydroxylation is 1. The molecule has 0 saturated carbocycles. The highest BCUT2D eigenvalue weighted by atomic mass is 16.5. The SMILES string of the molecule is COc1ccc(NC(=O)COC(=O)CCc2ncc(-c3ccccc3)o2)cc1. The van der Waals surface area contributed by atoms with Gasteiger partial charge in [0.15, 0.2) is 18.3 Å². The molecule has 1 amide bonds. The molecular weight excluding hydrogens is 360 g/mol. The minimum Gasteiger partial charge on any atom is -0.497 e. The number of oxazole rings is 1. The summed E-state index contributed by atoms with van der Waals surface area (Å²) in [5, 5.41) is 2.64. The van der Waals surface area contributed by atoms with E-state index in [1.165, 1.54) is 0 Å². The lowest BCUT2D eigenvalue weighted by Crippen LogP contribution is -2.21. The van der Waals surface area contributed by atoms with Crippen LogP contribution in [-0.4, -0.2) is 30.6 Å². The molecule has 2 aromatic carbocycles. The molecule has 0 radical (unpaired) electrons. The van der Waals surface area contributed by atoms with Gasteiger partial charge in [0.25, 0.3) is 5.91 Å². The topological polar surface area (TPSA) is 90.7 Å². The number of hydrogen-bond acceptors (Lipinski definition) is 6. The molecule has 0 atom stereocenters. The first-order chi connectivity index (χ1) is 13.6. The van der Waals surface area contributed by atoms with Crippen molar-refractivity contribution in [1.82, 2.24) is 4.98 Å². The van der Waals surface area contributed by atoms with E-state index in [2.05, 4.69) is 10.3 Å². The van der Waals surface area contributed by atoms with Gasteiger partial charge in [0, 0.05) is 17.7 Å². The Hall–Kier alpha value is -3.61. The summed E-state index contributed by atoms with van der Waals surface area (Å²) in [6, 6.07) is 16.4. The molecule has 3 rings (SSSR count). The molecule has 0 spiro atoms. The normalized spacial score (nSPS) is 10.3. The zero-order valence-electron chi connectivity index (χ0n) is 15.4. The van der Waals surface area contributed by atoms with Crippen LogP contribution in [0.4, 0.5) is 5.69 Å². The highest BCUT2D eigenvalue weighted by Gasteiger charge is 2.11. The number of nitrogens with zero attached hydrogens (tertiary/aromatic N) is 1. The molecule has 0 unspecified atom stereocenters. The van der Waals surface area contributed by atoms with Crippen LogP contribution in [-0.2, 0) is 20.7 Å². The molecule has 144 valence electrons. The van der Waals surface area contributed by atoms with Gasteiger partial charge in [-0.3, -0.25) is 9.59 Å². The van der Waals surface area contributed by atoms with Crippen molar-refractivity contribution in [2.24, 2.45) is 0 Å². The van der Waals surface area contributed by atoms with E-state index in [1.807, 2.05) is 30.3 Å². The lowest BCUT2D eigenvalue weighted by atomic mass is 10.2. The van der Waals surface area contributed by atoms with Crippen molar-refractivity contribution < 1.29 is 23.5 Å². The van der Waals surface area contributed by atoms with Gasteiger partial charge in [0.1, 0.15) is 5.75 Å². The maximum atomic E-state index is 11.9. The minimum atomic E-state index is -0.496. The number of hydrogen-bond donors (Lipinski definition) is 1. The van der Waals surface area contributed by atoms with Crippen molar-refractivity contribution in [1.29, 1.82) is 0 Å². The van der Waals surface area contributed by atoms with E-state index < -0.39 is 11.9 Å². The number of carbonyl (C=O) groups excluding carboxylic acids is 2. The van der Waals surface area contributed by atoms with Crippen LogP contribution in [0.15, 0.2) is 65.2 Å². The molecule has 0 aliphatic heterocycles. The molecule has 7 heteroatoms. The molecule has 0 aliphatic carbocycles. The van der Waals surface area contributed by atoms with E-state index in [0.717, 1.165) is 5.56 Å². The van der Waals surface area contributed by atoms with Gasteiger partial charge >= 0.3 is 5.97 Å². The lowest BCUT2D eigenvalue weighted by molar-refractivity contribution is -0.147. The number of carbonyl (C=O) groups is 2. The predicted molar refractivity (Wildman–Crippen MR) is 103 cm³/mol. The number of esters is 1. The number of nitrogens with one attached hydrogen (secondary N) is 1. The number of amides is 1. The Balaban J connectivity index is 1.40. The van der Waals surface area contributed by atoms with E-state index in [0.29, 0.717) is 29.5 Å². The number of rotatable bonds is 8. The first-order valence-electron chi connectivity index (χ1n) is 8.73. The van der Waals surface area contributed by atoms with Gasteiger partial charge in [-0.15, -0.1) is 0 Å². The second-order valence-electron chi connectivity index (χ2n) is 5.92. The highest BCUT2D eigenvalue weighted by Crippen LogP contribution is 2.20. The molecule has 1 heterocycles. The van der Waals surface area contributed by atoms with E-state index in [1.54, 1.807) is 37.6 Å². The zero-order chi connectivity index (χ0) is 19.8. The number of benzene rings is 2. The van der Waals surface area contributed by atoms with Crippen LogP contribution in [0.2, 0.25) is 0 Å². The molecule has 0 bridgehead atoms. The molecule has 0 saturated heterocycles. The van der Waals surface area contributed by atoms with Crippen LogP contribution in [0.5, 0.6) is 5.75 Å². The predicted octanol–water partition coefficient (Wildman–Crippen LogP) is 3.46. The Morgan fingerprint density at radius 3 is 2.54 bits per heavy atom. The fraction of sp³-hybridized carbons (Fsp3) is 0.190. The maximum Gasteiger partial charge on any atom is 0.306 e. The summed E-state index contributed by atoms with van der Waals surface area (Å²) >= 11 is 0. The summed E-state index contributed by atoms with van der Waals surface area (Å²) in [7, 11) is 1.56. The van der Waals surface area contributed by atoms with Gasteiger partial charge in [-0.25, -0.2) is 4.98 Å². The summed E-state index contributed by atoms with van der Waals surface area (Å²) in [5.41, 5.74) is 1.51. The molecule has 0 aliphatic rings. The first-order valence-corrected chi connectivity index (χ1v) is 8.73. The number of ether oxygens (including phenoxy) is 2. The monoisotopic (exact) mass is 380 g/mol. The van der Waals surface area contributed by atoms with Gasteiger partial charge in [-0.2, -0.15) is 0 Å². The van der Waals surface area contributed by atoms with Crippen molar-refractivity contribution in [3.05, 3.63) is 66.7 Å². The average Bonchev–Trinajstić information content (AvgIpc) is 3.21. The lowest BCUT2D eigenvalue weighted by Gasteiger charge is -2.07. The third-order valence-corrected chi connectivity index (χ3v) is 3.89. The van der Waals surface area contributed by atoms with E-state index in [4.69, 9.17) is 13.9 Å². The first kappa shape index (κ1) is 19.2. The van der Waals surface area contributed by atoms with E-state index >= 15 is 0 Å². The van der Waals surface area contributed by atoms with Crippen LogP contribution in [0.1, 0.15) is 12.3 Å². The molecule has 7 nitrogen and oxygen atoms in total. The van der Waals surface area contributed by atoms with Gasteiger partial charge < -0.3 is 19.2 Å². The Morgan fingerprint density at radius 2 is 1.82 bits per heavy atom. The molecular formula is C21H20N2O5. The van der Waals surface area contributed by atoms with E-state index in [9.17, 15) is 9.59 Å². The van der Waals surface area contributed by atoms with E-state index in [-0.39, 0.29) is 13.0 Å². The summed E-state index contributed by atoms with van der Waals surface area (Å²) < 4.78 is 15.7. The Morgan fingerprint density at radius 1 is 1.07 bits per heavy atom. The Bertz CT molecular complexity index is 919. The standard InChI is InChI=1S/C21H20N2O5/c1-26-17-9-7-16(8-10-17)23-19(24)14-27-21(25)12-11-20-22-13-18(28-20)15-5-3-2-4-6-15/h2-10,13H,11-12,14H2,1H3,(H,23,24). The quantitative estimate of drug-likeness (QED) is 0.602. The van der Waals surface area contributed by atoms with Gasteiger partial charge in [-0.05, 0) is 24.3 Å². The van der Waals surface area contributed by atoms with Gasteiger partial charge in [-0.1, -0.05) is 30.3 Å². The number of methoxy groups -OCH3 is 1. The Labute approximate surface area is 162 Å². The molecule has 1 aromatic heterocycles. The van der Waals surface area contributed by atoms with Crippen molar-refractivity contribution in [3.8, 4) is 17.1 Å². The van der Waals surface area contributed by atoms with Gasteiger partial charge in [0.05, 0.1) is 19.7 Å². The fourth-order valence-electron chi connectivity index (χ4n) is 2.46. The average molecular weight is 380 g/mol. The third-order valence-electron chi connectivity index (χ3n) is 3.89. The van der Waals surface area contributed by atoms with Crippen molar-refractivity contribution in [3.63, 3.8) is 0 Å². The van der Waals surface area contributed by atoms with Crippen LogP contribution in [0.25, 0.3) is 11.3 Å². The Kier molecular flexibility index (Phi) is 6.41. The van der Waals surface area contributed by atoms with Gasteiger partial charge in [0.2, 0.25) is 0 Å². The summed E-state index contributed by atoms with van der Waals surface area (Å²) in [6.07, 6.45) is 1.99. The van der Waals surface area contributed by atoms with Crippen molar-refractivity contribution >= 4 is 17.6 Å². The summed E-state index contributed by atoms with van der Waals surface area (Å²) in [4.78, 5) is 27.9. The molecule has 1 N–H and O–H groups in total.